The Kier molecular flexibility index (Phi) is 11.1. The molecule has 0 fully saturated rings. The largest absolute Gasteiger partial charge is 0.466 e. The van der Waals surface area contributed by atoms with Gasteiger partial charge in [0.25, 0.3) is 0 Å². The Labute approximate surface area is 206 Å². The van der Waals surface area contributed by atoms with Crippen LogP contribution in [-0.4, -0.2) is 41.4 Å². The van der Waals surface area contributed by atoms with Gasteiger partial charge in [0.2, 0.25) is 0 Å². The van der Waals surface area contributed by atoms with E-state index >= 15 is 0 Å². The lowest BCUT2D eigenvalue weighted by Gasteiger charge is -2.42. The lowest BCUT2D eigenvalue weighted by Crippen LogP contribution is -2.47. The first-order valence-electron chi connectivity index (χ1n) is 12.5. The first-order chi connectivity index (χ1) is 15.0. The number of carbonyl (C=O) groups is 1. The van der Waals surface area contributed by atoms with E-state index in [1.807, 2.05) is 6.92 Å². The van der Waals surface area contributed by atoms with Crippen molar-refractivity contribution in [2.75, 3.05) is 6.61 Å². The quantitative estimate of drug-likeness (QED) is 0.220. The predicted molar refractivity (Wildman–Crippen MR) is 145 cm³/mol. The number of esters is 1. The molecule has 0 saturated heterocycles. The molecule has 0 spiro atoms. The monoisotopic (exact) mass is 494 g/mol. The molecule has 190 valence electrons. The highest BCUT2D eigenvalue weighted by atomic mass is 28.4. The number of hydrogen-bond acceptors (Lipinski definition) is 4. The molecular formula is C27H50O4Si2. The van der Waals surface area contributed by atoms with Gasteiger partial charge in [0, 0.05) is 12.5 Å². The van der Waals surface area contributed by atoms with E-state index in [2.05, 4.69) is 98.1 Å². The molecule has 0 aliphatic rings. The Bertz CT molecular complexity index is 718. The van der Waals surface area contributed by atoms with E-state index in [1.165, 1.54) is 5.56 Å². The molecule has 33 heavy (non-hydrogen) atoms. The smallest absolute Gasteiger partial charge is 0.305 e. The van der Waals surface area contributed by atoms with Gasteiger partial charge >= 0.3 is 5.97 Å². The molecule has 0 unspecified atom stereocenters. The van der Waals surface area contributed by atoms with Crippen LogP contribution >= 0.6 is 0 Å². The van der Waals surface area contributed by atoms with Gasteiger partial charge in [-0.1, -0.05) is 71.9 Å². The molecular weight excluding hydrogens is 444 g/mol. The first-order valence-corrected chi connectivity index (χ1v) is 18.4. The average molecular weight is 495 g/mol. The van der Waals surface area contributed by atoms with E-state index < -0.39 is 16.6 Å². The van der Waals surface area contributed by atoms with Crippen LogP contribution in [0.3, 0.4) is 0 Å². The van der Waals surface area contributed by atoms with E-state index in [0.717, 1.165) is 12.8 Å². The predicted octanol–water partition coefficient (Wildman–Crippen LogP) is 7.74. The summed E-state index contributed by atoms with van der Waals surface area (Å²) in [7, 11) is -3.99. The van der Waals surface area contributed by atoms with Crippen LogP contribution in [0.4, 0.5) is 0 Å². The van der Waals surface area contributed by atoms with Crippen molar-refractivity contribution in [3.8, 4) is 0 Å². The minimum atomic E-state index is -2.01. The van der Waals surface area contributed by atoms with Crippen LogP contribution in [0.1, 0.15) is 73.3 Å². The zero-order valence-corrected chi connectivity index (χ0v) is 25.2. The molecule has 1 aromatic rings. The van der Waals surface area contributed by atoms with Crippen LogP contribution in [0.15, 0.2) is 30.3 Å². The lowest BCUT2D eigenvalue weighted by molar-refractivity contribution is -0.143. The maximum atomic E-state index is 12.2. The van der Waals surface area contributed by atoms with E-state index in [1.54, 1.807) is 0 Å². The molecule has 0 N–H and O–H groups in total. The van der Waals surface area contributed by atoms with Gasteiger partial charge in [-0.3, -0.25) is 4.79 Å². The number of rotatable bonds is 12. The van der Waals surface area contributed by atoms with Crippen molar-refractivity contribution >= 4 is 22.6 Å². The maximum Gasteiger partial charge on any atom is 0.305 e. The molecule has 1 aromatic carbocycles. The zero-order valence-electron chi connectivity index (χ0n) is 23.2. The number of ether oxygens (including phenoxy) is 1. The highest BCUT2D eigenvalue weighted by molar-refractivity contribution is 6.74. The first kappa shape index (κ1) is 30.1. The summed E-state index contributed by atoms with van der Waals surface area (Å²) in [5.41, 5.74) is 1.28. The van der Waals surface area contributed by atoms with E-state index in [-0.39, 0.29) is 28.3 Å². The van der Waals surface area contributed by atoms with E-state index in [0.29, 0.717) is 19.4 Å². The van der Waals surface area contributed by atoms with Crippen molar-refractivity contribution in [3.63, 3.8) is 0 Å². The molecule has 1 rings (SSSR count). The molecule has 0 radical (unpaired) electrons. The van der Waals surface area contributed by atoms with Gasteiger partial charge in [-0.2, -0.15) is 0 Å². The Morgan fingerprint density at radius 1 is 0.848 bits per heavy atom. The number of carbonyl (C=O) groups excluding carboxylic acids is 1. The van der Waals surface area contributed by atoms with Gasteiger partial charge < -0.3 is 13.6 Å². The number of hydrogen-bond donors (Lipinski definition) is 0. The van der Waals surface area contributed by atoms with E-state index in [9.17, 15) is 4.79 Å². The maximum absolute atomic E-state index is 12.2. The minimum Gasteiger partial charge on any atom is -0.466 e. The molecule has 0 aromatic heterocycles. The highest BCUT2D eigenvalue weighted by Crippen LogP contribution is 2.40. The van der Waals surface area contributed by atoms with Crippen LogP contribution in [0.25, 0.3) is 0 Å². The summed E-state index contributed by atoms with van der Waals surface area (Å²) >= 11 is 0. The van der Waals surface area contributed by atoms with Crippen molar-refractivity contribution in [1.29, 1.82) is 0 Å². The Morgan fingerprint density at radius 2 is 1.33 bits per heavy atom. The minimum absolute atomic E-state index is 0.0335. The summed E-state index contributed by atoms with van der Waals surface area (Å²) in [6, 6.07) is 10.6. The molecule has 2 atom stereocenters. The van der Waals surface area contributed by atoms with Crippen molar-refractivity contribution in [2.24, 2.45) is 0 Å². The molecule has 0 bridgehead atoms. The molecule has 4 nitrogen and oxygen atoms in total. The topological polar surface area (TPSA) is 44.8 Å². The number of benzene rings is 1. The van der Waals surface area contributed by atoms with Crippen LogP contribution in [-0.2, 0) is 24.8 Å². The lowest BCUT2D eigenvalue weighted by atomic mass is 10.0. The van der Waals surface area contributed by atoms with Crippen molar-refractivity contribution < 1.29 is 18.4 Å². The summed E-state index contributed by atoms with van der Waals surface area (Å²) in [6.45, 7) is 25.1. The second-order valence-corrected chi connectivity index (χ2v) is 21.8. The summed E-state index contributed by atoms with van der Waals surface area (Å²) in [4.78, 5) is 12.2. The molecule has 0 saturated carbocycles. The molecule has 0 amide bonds. The summed E-state index contributed by atoms with van der Waals surface area (Å²) in [6.07, 6.45) is 2.69. The van der Waals surface area contributed by atoms with Crippen LogP contribution in [0, 0.1) is 0 Å². The van der Waals surface area contributed by atoms with Crippen LogP contribution < -0.4 is 0 Å². The second-order valence-electron chi connectivity index (χ2n) is 12.3. The van der Waals surface area contributed by atoms with Crippen molar-refractivity contribution in [1.82, 2.24) is 0 Å². The standard InChI is InChI=1S/C27H50O4Si2/c1-12-29-25(28)19-18-23(30-32(8,9)26(2,3)4)21-24(20-22-16-14-13-15-17-22)31-33(10,11)27(5,6)7/h13-17,23-24H,12,18-21H2,1-11H3/t23-,24+/m0/s1. The normalized spacial score (nSPS) is 15.2. The second kappa shape index (κ2) is 12.1. The molecule has 6 heteroatoms. The third-order valence-corrected chi connectivity index (χ3v) is 16.4. The fourth-order valence-electron chi connectivity index (χ4n) is 3.27. The highest BCUT2D eigenvalue weighted by Gasteiger charge is 2.42. The van der Waals surface area contributed by atoms with Crippen molar-refractivity contribution in [2.45, 2.75) is 123 Å². The Hall–Kier alpha value is -0.956. The van der Waals surface area contributed by atoms with Gasteiger partial charge in [-0.25, -0.2) is 0 Å². The Balaban J connectivity index is 3.17. The summed E-state index contributed by atoms with van der Waals surface area (Å²) in [5, 5.41) is 0.229. The van der Waals surface area contributed by atoms with Gasteiger partial charge in [-0.05, 0) is 68.0 Å². The third-order valence-electron chi connectivity index (χ3n) is 7.34. The van der Waals surface area contributed by atoms with Crippen LogP contribution in [0.5, 0.6) is 0 Å². The SMILES string of the molecule is CCOC(=O)CC[C@@H](C[C@@H](Cc1ccccc1)O[Si](C)(C)C(C)(C)C)O[Si](C)(C)C(C)(C)C. The summed E-state index contributed by atoms with van der Waals surface area (Å²) in [5.74, 6) is -0.147. The van der Waals surface area contributed by atoms with Gasteiger partial charge in [0.05, 0.1) is 12.7 Å². The average Bonchev–Trinajstić information content (AvgIpc) is 2.64. The fraction of sp³-hybridized carbons (Fsp3) is 0.741. The van der Waals surface area contributed by atoms with Crippen LogP contribution in [0.2, 0.25) is 36.3 Å². The van der Waals surface area contributed by atoms with Gasteiger partial charge in [-0.15, -0.1) is 0 Å². The van der Waals surface area contributed by atoms with E-state index in [4.69, 9.17) is 13.6 Å². The Morgan fingerprint density at radius 3 is 1.79 bits per heavy atom. The third kappa shape index (κ3) is 10.1. The summed E-state index contributed by atoms with van der Waals surface area (Å²) < 4.78 is 19.0. The molecule has 0 heterocycles. The molecule has 0 aliphatic carbocycles. The fourth-order valence-corrected chi connectivity index (χ4v) is 6.03. The van der Waals surface area contributed by atoms with Gasteiger partial charge in [0.15, 0.2) is 16.6 Å². The zero-order chi connectivity index (χ0) is 25.5. The van der Waals surface area contributed by atoms with Crippen molar-refractivity contribution in [3.05, 3.63) is 35.9 Å². The molecule has 0 aliphatic heterocycles. The van der Waals surface area contributed by atoms with Gasteiger partial charge in [0.1, 0.15) is 0 Å².